The number of carboxylic acids is 1. The Kier molecular flexibility index (Phi) is 10.0. The zero-order chi connectivity index (χ0) is 34.1. The topological polar surface area (TPSA) is 110 Å². The summed E-state index contributed by atoms with van der Waals surface area (Å²) in [5, 5.41) is 19.5. The molecule has 0 unspecified atom stereocenters. The first kappa shape index (κ1) is 32.6. The quantitative estimate of drug-likeness (QED) is 0.0320. The number of rotatable bonds is 13. The Morgan fingerprint density at radius 2 is 1.14 bits per heavy atom. The molecule has 0 aliphatic rings. The van der Waals surface area contributed by atoms with Crippen molar-refractivity contribution in [3.8, 4) is 0 Å². The minimum atomic E-state index is -1.40. The van der Waals surface area contributed by atoms with E-state index in [9.17, 15) is 14.7 Å². The van der Waals surface area contributed by atoms with Crippen LogP contribution in [0, 0.1) is 0 Å². The average Bonchev–Trinajstić information content (AvgIpc) is 3.62. The highest BCUT2D eigenvalue weighted by Gasteiger charge is 2.37. The zero-order valence-electron chi connectivity index (χ0n) is 26.2. The van der Waals surface area contributed by atoms with Crippen LogP contribution in [0.5, 0.6) is 0 Å². The van der Waals surface area contributed by atoms with Gasteiger partial charge in [0.25, 0.3) is 0 Å². The van der Waals surface area contributed by atoms with Crippen LogP contribution >= 0.6 is 11.3 Å². The summed E-state index contributed by atoms with van der Waals surface area (Å²) in [4.78, 5) is 35.3. The van der Waals surface area contributed by atoms with E-state index in [1.165, 1.54) is 11.3 Å². The molecule has 0 aliphatic heterocycles. The van der Waals surface area contributed by atoms with Gasteiger partial charge < -0.3 is 20.0 Å². The summed E-state index contributed by atoms with van der Waals surface area (Å²) in [5.41, 5.74) is 3.01. The second-order valence-electron chi connectivity index (χ2n) is 10.9. The molecule has 6 rings (SSSR count). The number of anilines is 1. The highest BCUT2D eigenvalue weighted by atomic mass is 32.1. The number of aliphatic carboxylic acids is 1. The molecule has 0 radical (unpaired) electrons. The summed E-state index contributed by atoms with van der Waals surface area (Å²) < 4.78 is 5.76. The van der Waals surface area contributed by atoms with E-state index in [0.717, 1.165) is 27.8 Å². The second-order valence-corrected chi connectivity index (χ2v) is 11.7. The van der Waals surface area contributed by atoms with Crippen LogP contribution in [-0.2, 0) is 24.7 Å². The number of nitrogens with zero attached hydrogens (tertiary/aromatic N) is 2. The fourth-order valence-electron chi connectivity index (χ4n) is 5.47. The van der Waals surface area contributed by atoms with Gasteiger partial charge in [-0.2, -0.15) is 0 Å². The number of aromatic nitrogens is 1. The van der Waals surface area contributed by atoms with Gasteiger partial charge in [0.15, 0.2) is 11.2 Å². The summed E-state index contributed by atoms with van der Waals surface area (Å²) in [5.74, 6) is -2.78. The molecule has 49 heavy (non-hydrogen) atoms. The Hall–Kier alpha value is -6.32. The molecule has 0 atom stereocenters. The molecule has 9 heteroatoms. The van der Waals surface area contributed by atoms with Crippen molar-refractivity contribution in [3.63, 3.8) is 0 Å². The molecule has 1 aromatic heterocycles. The summed E-state index contributed by atoms with van der Waals surface area (Å²) in [7, 11) is 0. The number of ether oxygens (including phenoxy) is 1. The van der Waals surface area contributed by atoms with Crippen LogP contribution in [0.1, 0.15) is 39.6 Å². The van der Waals surface area contributed by atoms with Crippen molar-refractivity contribution in [2.75, 3.05) is 5.32 Å². The van der Waals surface area contributed by atoms with Crippen molar-refractivity contribution < 1.29 is 24.3 Å². The van der Waals surface area contributed by atoms with Crippen molar-refractivity contribution in [2.45, 2.75) is 11.6 Å². The fourth-order valence-corrected chi connectivity index (χ4v) is 6.22. The van der Waals surface area contributed by atoms with Crippen LogP contribution in [0.25, 0.3) is 0 Å². The maximum absolute atomic E-state index is 13.1. The van der Waals surface area contributed by atoms with Gasteiger partial charge in [0, 0.05) is 5.38 Å². The number of hydrogen-bond donors (Lipinski definition) is 2. The smallest absolute Gasteiger partial charge is 0.377 e. The molecule has 0 spiro atoms. The number of carbonyl (C=O) groups excluding carboxylic acids is 1. The number of carbonyl (C=O) groups is 2. The van der Waals surface area contributed by atoms with Gasteiger partial charge in [0.2, 0.25) is 11.5 Å². The first-order valence-electron chi connectivity index (χ1n) is 15.3. The van der Waals surface area contributed by atoms with Gasteiger partial charge in [-0.3, -0.25) is 0 Å². The third-order valence-electron chi connectivity index (χ3n) is 7.77. The third kappa shape index (κ3) is 7.32. The molecule has 0 bridgehead atoms. The highest BCUT2D eigenvalue weighted by molar-refractivity contribution is 7.14. The van der Waals surface area contributed by atoms with Gasteiger partial charge in [-0.15, -0.1) is 11.3 Å². The van der Waals surface area contributed by atoms with Gasteiger partial charge in [0.1, 0.15) is 11.2 Å². The first-order valence-corrected chi connectivity index (χ1v) is 16.2. The van der Waals surface area contributed by atoms with Gasteiger partial charge in [-0.05, 0) is 34.4 Å². The maximum atomic E-state index is 13.1. The Balaban J connectivity index is 1.27. The molecule has 0 saturated carbocycles. The predicted molar refractivity (Wildman–Crippen MR) is 190 cm³/mol. The third-order valence-corrected chi connectivity index (χ3v) is 8.53. The fraction of sp³-hybridized carbons (Fsp3) is 0.0500. The van der Waals surface area contributed by atoms with E-state index >= 15 is 0 Å². The Labute approximate surface area is 287 Å². The van der Waals surface area contributed by atoms with Gasteiger partial charge >= 0.3 is 11.9 Å². The molecule has 0 fully saturated rings. The monoisotopic (exact) mass is 665 g/mol. The van der Waals surface area contributed by atoms with Gasteiger partial charge in [0.05, 0.1) is 0 Å². The lowest BCUT2D eigenvalue weighted by Gasteiger charge is -2.36. The van der Waals surface area contributed by atoms with Crippen molar-refractivity contribution in [1.29, 1.82) is 0 Å². The lowest BCUT2D eigenvalue weighted by molar-refractivity contribution is -0.147. The van der Waals surface area contributed by atoms with Gasteiger partial charge in [-0.25, -0.2) is 14.6 Å². The lowest BCUT2D eigenvalue weighted by Crippen LogP contribution is -2.38. The van der Waals surface area contributed by atoms with E-state index in [2.05, 4.69) is 22.0 Å². The van der Waals surface area contributed by atoms with Gasteiger partial charge in [-0.1, -0.05) is 157 Å². The normalized spacial score (nSPS) is 11.5. The molecular weight excluding hydrogens is 635 g/mol. The van der Waals surface area contributed by atoms with Crippen molar-refractivity contribution in [1.82, 2.24) is 4.98 Å². The summed E-state index contributed by atoms with van der Waals surface area (Å²) in [6, 6.07) is 48.3. The summed E-state index contributed by atoms with van der Waals surface area (Å²) in [6.07, 6.45) is -0.746. The molecule has 242 valence electrons. The molecule has 6 aromatic rings. The molecule has 8 nitrogen and oxygen atoms in total. The number of nitrogens with one attached hydrogen (secondary N) is 1. The predicted octanol–water partition coefficient (Wildman–Crippen LogP) is 8.20. The van der Waals surface area contributed by atoms with E-state index < -0.39 is 35.1 Å². The van der Waals surface area contributed by atoms with Crippen LogP contribution in [0.4, 0.5) is 5.13 Å². The average molecular weight is 666 g/mol. The first-order chi connectivity index (χ1) is 24.0. The van der Waals surface area contributed by atoms with Crippen LogP contribution in [-0.4, -0.2) is 27.7 Å². The molecule has 0 amide bonds. The number of hydrogen-bond acceptors (Lipinski definition) is 8. The standard InChI is InChI=1S/C40H31N3O5S/c1-28(38(46)47-36(29-17-7-2-8-18-29)30-19-9-3-10-20-30)48-43-35(37(44)45)34-27-49-39(41-34)42-40(31-21-11-4-12-22-31,32-23-13-5-14-24-32)33-25-15-6-16-26-33/h2-27,36H,1H2,(H,41,42)(H,44,45). The van der Waals surface area contributed by atoms with E-state index in [4.69, 9.17) is 9.57 Å². The van der Waals surface area contributed by atoms with E-state index in [0.29, 0.717) is 5.13 Å². The SMILES string of the molecule is C=C(ON=C(C(=O)O)c1csc(NC(c2ccccc2)(c2ccccc2)c2ccccc2)n1)C(=O)OC(c1ccccc1)c1ccccc1. The summed E-state index contributed by atoms with van der Waals surface area (Å²) >= 11 is 1.21. The summed E-state index contributed by atoms with van der Waals surface area (Å²) in [6.45, 7) is 3.65. The molecule has 2 N–H and O–H groups in total. The number of benzene rings is 5. The molecule has 0 saturated heterocycles. The lowest BCUT2D eigenvalue weighted by atomic mass is 9.77. The molecule has 0 aliphatic carbocycles. The zero-order valence-corrected chi connectivity index (χ0v) is 27.0. The highest BCUT2D eigenvalue weighted by Crippen LogP contribution is 2.40. The molecule has 1 heterocycles. The maximum Gasteiger partial charge on any atom is 0.377 e. The van der Waals surface area contributed by atoms with Crippen LogP contribution in [0.2, 0.25) is 0 Å². The van der Waals surface area contributed by atoms with E-state index in [1.54, 1.807) is 5.38 Å². The van der Waals surface area contributed by atoms with E-state index in [1.807, 2.05) is 152 Å². The van der Waals surface area contributed by atoms with Crippen LogP contribution in [0.3, 0.4) is 0 Å². The number of thiazole rings is 1. The largest absolute Gasteiger partial charge is 0.476 e. The van der Waals surface area contributed by atoms with Crippen LogP contribution < -0.4 is 5.32 Å². The van der Waals surface area contributed by atoms with Crippen molar-refractivity contribution in [2.24, 2.45) is 5.16 Å². The minimum Gasteiger partial charge on any atom is -0.476 e. The number of carboxylic acid groups (broad SMARTS) is 1. The second kappa shape index (κ2) is 15.1. The molecular formula is C40H31N3O5S. The Morgan fingerprint density at radius 3 is 1.57 bits per heavy atom. The molecule has 5 aromatic carbocycles. The Morgan fingerprint density at radius 1 is 0.714 bits per heavy atom. The minimum absolute atomic E-state index is 0.0377. The van der Waals surface area contributed by atoms with E-state index in [-0.39, 0.29) is 5.69 Å². The number of oxime groups is 1. The Bertz CT molecular complexity index is 1920. The van der Waals surface area contributed by atoms with Crippen molar-refractivity contribution >= 4 is 34.1 Å². The number of esters is 1. The van der Waals surface area contributed by atoms with Crippen LogP contribution in [0.15, 0.2) is 175 Å². The van der Waals surface area contributed by atoms with Crippen molar-refractivity contribution in [3.05, 3.63) is 203 Å².